The molecule has 9 nitrogen and oxygen atoms in total. The van der Waals surface area contributed by atoms with Gasteiger partial charge in [0.05, 0.1) is 46.1 Å². The van der Waals surface area contributed by atoms with Crippen LogP contribution in [0, 0.1) is 20.8 Å². The third-order valence-corrected chi connectivity index (χ3v) is 8.41. The largest absolute Gasteiger partial charge is 0.503 e. The van der Waals surface area contributed by atoms with Gasteiger partial charge in [-0.15, -0.1) is 11.3 Å². The van der Waals surface area contributed by atoms with Gasteiger partial charge in [0.1, 0.15) is 10.6 Å². The number of benzene rings is 1. The van der Waals surface area contributed by atoms with Crippen molar-refractivity contribution in [2.75, 3.05) is 18.1 Å². The zero-order valence-corrected chi connectivity index (χ0v) is 24.2. The highest BCUT2D eigenvalue weighted by atomic mass is 32.1. The van der Waals surface area contributed by atoms with Crippen LogP contribution in [-0.4, -0.2) is 45.9 Å². The number of aliphatic hydroxyl groups is 1. The topological polar surface area (TPSA) is 119 Å². The van der Waals surface area contributed by atoms with Crippen LogP contribution in [0.4, 0.5) is 5.13 Å². The van der Waals surface area contributed by atoms with Crippen LogP contribution in [0.5, 0.6) is 5.75 Å². The van der Waals surface area contributed by atoms with E-state index in [0.717, 1.165) is 30.6 Å². The molecule has 0 fully saturated rings. The Kier molecular flexibility index (Phi) is 8.81. The van der Waals surface area contributed by atoms with Gasteiger partial charge in [0.25, 0.3) is 5.91 Å². The molecular weight excluding hydrogens is 538 g/mol. The Labute approximate surface area is 235 Å². The first-order valence-electron chi connectivity index (χ1n) is 12.8. The number of unbranched alkanes of at least 4 members (excludes halogenated alkanes) is 2. The van der Waals surface area contributed by atoms with E-state index in [0.29, 0.717) is 39.2 Å². The molecular formula is C28H31N3O6S2. The molecule has 206 valence electrons. The Morgan fingerprint density at radius 1 is 1.05 bits per heavy atom. The molecule has 1 amide bonds. The summed E-state index contributed by atoms with van der Waals surface area (Å²) in [7, 11) is 0. The summed E-state index contributed by atoms with van der Waals surface area (Å²) >= 11 is 2.19. The number of amides is 1. The molecule has 0 bridgehead atoms. The number of nitrogens with zero attached hydrogens (tertiary/aromatic N) is 3. The van der Waals surface area contributed by atoms with Crippen LogP contribution in [0.3, 0.4) is 0 Å². The van der Waals surface area contributed by atoms with Crippen LogP contribution in [0.25, 0.3) is 0 Å². The smallest absolute Gasteiger partial charge is 0.350 e. The number of aryl methyl sites for hydroxylation is 3. The lowest BCUT2D eigenvalue weighted by Gasteiger charge is -2.25. The number of hydrogen-bond donors (Lipinski definition) is 1. The first kappa shape index (κ1) is 28.4. The van der Waals surface area contributed by atoms with E-state index in [-0.39, 0.29) is 22.2 Å². The van der Waals surface area contributed by atoms with Gasteiger partial charge < -0.3 is 14.6 Å². The molecule has 1 aliphatic heterocycles. The molecule has 0 saturated carbocycles. The van der Waals surface area contributed by atoms with Crippen molar-refractivity contribution < 1.29 is 29.0 Å². The second kappa shape index (κ2) is 12.1. The Balaban J connectivity index is 1.81. The Morgan fingerprint density at radius 3 is 2.46 bits per heavy atom. The van der Waals surface area contributed by atoms with Gasteiger partial charge in [-0.05, 0) is 51.8 Å². The minimum Gasteiger partial charge on any atom is -0.503 e. The van der Waals surface area contributed by atoms with E-state index in [1.807, 2.05) is 6.07 Å². The number of carbonyl (C=O) groups is 3. The standard InChI is InChI=1S/C28H31N3O6S2/c1-6-8-9-13-37-19-12-10-11-18(14-19)21-20(22(32)24-15(3)29-17(5)38-24)23(33)26(34)31(21)28-30-16(4)25(39-28)27(35)36-7-2/h10-12,14,21,33H,6-9,13H2,1-5H3. The molecule has 0 aliphatic carbocycles. The highest BCUT2D eigenvalue weighted by Crippen LogP contribution is 2.45. The summed E-state index contributed by atoms with van der Waals surface area (Å²) in [4.78, 5) is 50.6. The summed E-state index contributed by atoms with van der Waals surface area (Å²) in [5.41, 5.74) is 1.41. The molecule has 3 heterocycles. The minimum atomic E-state index is -0.994. The number of hydrogen-bond acceptors (Lipinski definition) is 10. The van der Waals surface area contributed by atoms with Gasteiger partial charge >= 0.3 is 5.97 Å². The van der Waals surface area contributed by atoms with Crippen LogP contribution < -0.4 is 9.64 Å². The zero-order valence-electron chi connectivity index (χ0n) is 22.6. The second-order valence-corrected chi connectivity index (χ2v) is 11.3. The highest BCUT2D eigenvalue weighted by molar-refractivity contribution is 7.17. The summed E-state index contributed by atoms with van der Waals surface area (Å²) in [5.74, 6) is -1.88. The number of aliphatic hydroxyl groups excluding tert-OH is 1. The zero-order chi connectivity index (χ0) is 28.3. The molecule has 39 heavy (non-hydrogen) atoms. The van der Waals surface area contributed by atoms with E-state index in [2.05, 4.69) is 16.9 Å². The van der Waals surface area contributed by atoms with Crippen LogP contribution >= 0.6 is 22.7 Å². The van der Waals surface area contributed by atoms with Crippen molar-refractivity contribution in [3.63, 3.8) is 0 Å². The second-order valence-electron chi connectivity index (χ2n) is 9.08. The average Bonchev–Trinajstić information content (AvgIpc) is 3.54. The molecule has 11 heteroatoms. The van der Waals surface area contributed by atoms with E-state index < -0.39 is 29.5 Å². The fraction of sp³-hybridized carbons (Fsp3) is 0.393. The maximum absolute atomic E-state index is 13.8. The fourth-order valence-electron chi connectivity index (χ4n) is 4.40. The summed E-state index contributed by atoms with van der Waals surface area (Å²) in [6.45, 7) is 9.70. The van der Waals surface area contributed by atoms with Gasteiger partial charge in [0.15, 0.2) is 10.9 Å². The number of aromatic nitrogens is 2. The van der Waals surface area contributed by atoms with Gasteiger partial charge in [-0.3, -0.25) is 14.5 Å². The third-order valence-electron chi connectivity index (χ3n) is 6.21. The lowest BCUT2D eigenvalue weighted by atomic mass is 9.95. The van der Waals surface area contributed by atoms with E-state index in [1.165, 1.54) is 16.2 Å². The van der Waals surface area contributed by atoms with Crippen molar-refractivity contribution in [1.82, 2.24) is 9.97 Å². The van der Waals surface area contributed by atoms with Crippen molar-refractivity contribution in [2.45, 2.75) is 59.9 Å². The number of rotatable bonds is 11. The maximum atomic E-state index is 13.8. The number of ketones is 1. The van der Waals surface area contributed by atoms with E-state index >= 15 is 0 Å². The molecule has 4 rings (SSSR count). The minimum absolute atomic E-state index is 0.0691. The molecule has 0 radical (unpaired) electrons. The summed E-state index contributed by atoms with van der Waals surface area (Å²) in [5, 5.41) is 12.0. The normalized spacial score (nSPS) is 15.3. The summed E-state index contributed by atoms with van der Waals surface area (Å²) < 4.78 is 11.1. The lowest BCUT2D eigenvalue weighted by Crippen LogP contribution is -2.31. The molecule has 1 aromatic carbocycles. The molecule has 1 aliphatic rings. The van der Waals surface area contributed by atoms with Crippen molar-refractivity contribution in [3.05, 3.63) is 67.3 Å². The summed E-state index contributed by atoms with van der Waals surface area (Å²) in [6, 6.07) is 6.13. The Bertz CT molecular complexity index is 1440. The number of ether oxygens (including phenoxy) is 2. The Morgan fingerprint density at radius 2 is 1.79 bits per heavy atom. The van der Waals surface area contributed by atoms with Gasteiger partial charge in [-0.2, -0.15) is 0 Å². The van der Waals surface area contributed by atoms with Gasteiger partial charge in [-0.25, -0.2) is 14.8 Å². The average molecular weight is 570 g/mol. The van der Waals surface area contributed by atoms with Crippen molar-refractivity contribution in [1.29, 1.82) is 0 Å². The molecule has 1 N–H and O–H groups in total. The molecule has 1 atom stereocenters. The number of esters is 1. The number of Topliss-reactive ketones (excluding diaryl/α,β-unsaturated/α-hetero) is 1. The third kappa shape index (κ3) is 5.74. The highest BCUT2D eigenvalue weighted by Gasteiger charge is 2.47. The predicted molar refractivity (Wildman–Crippen MR) is 150 cm³/mol. The fourth-order valence-corrected chi connectivity index (χ4v) is 6.26. The predicted octanol–water partition coefficient (Wildman–Crippen LogP) is 6.05. The van der Waals surface area contributed by atoms with E-state index in [4.69, 9.17) is 9.47 Å². The van der Waals surface area contributed by atoms with Crippen molar-refractivity contribution in [3.8, 4) is 5.75 Å². The van der Waals surface area contributed by atoms with Crippen LogP contribution in [0.15, 0.2) is 35.6 Å². The first-order chi connectivity index (χ1) is 18.7. The van der Waals surface area contributed by atoms with Gasteiger partial charge in [0, 0.05) is 0 Å². The molecule has 3 aromatic rings. The number of thiazole rings is 2. The number of carbonyl (C=O) groups excluding carboxylic acids is 3. The molecule has 0 saturated heterocycles. The van der Waals surface area contributed by atoms with Crippen LogP contribution in [-0.2, 0) is 9.53 Å². The maximum Gasteiger partial charge on any atom is 0.350 e. The van der Waals surface area contributed by atoms with Crippen LogP contribution in [0.2, 0.25) is 0 Å². The summed E-state index contributed by atoms with van der Waals surface area (Å²) in [6.07, 6.45) is 3.01. The van der Waals surface area contributed by atoms with Crippen LogP contribution in [0.1, 0.15) is 80.5 Å². The van der Waals surface area contributed by atoms with E-state index in [9.17, 15) is 19.5 Å². The Hall–Kier alpha value is -3.57. The monoisotopic (exact) mass is 569 g/mol. The SMILES string of the molecule is CCCCCOc1cccc(C2C(C(=O)c3sc(C)nc3C)=C(O)C(=O)N2c2nc(C)c(C(=O)OCC)s2)c1. The van der Waals surface area contributed by atoms with E-state index in [1.54, 1.807) is 45.9 Å². The molecule has 2 aromatic heterocycles. The lowest BCUT2D eigenvalue weighted by molar-refractivity contribution is -0.117. The first-order valence-corrected chi connectivity index (χ1v) is 14.4. The molecule has 0 spiro atoms. The quantitative estimate of drug-likeness (QED) is 0.168. The van der Waals surface area contributed by atoms with Gasteiger partial charge in [0.2, 0.25) is 5.78 Å². The number of anilines is 1. The van der Waals surface area contributed by atoms with Crippen molar-refractivity contribution in [2.24, 2.45) is 0 Å². The van der Waals surface area contributed by atoms with Crippen molar-refractivity contribution >= 4 is 45.5 Å². The van der Waals surface area contributed by atoms with Gasteiger partial charge in [-0.1, -0.05) is 43.2 Å². The molecule has 1 unspecified atom stereocenters.